The third kappa shape index (κ3) is 4.51. The molecule has 1 aromatic heterocycles. The second-order valence-electron chi connectivity index (χ2n) is 3.66. The number of rotatable bonds is 8. The Morgan fingerprint density at radius 1 is 1.28 bits per heavy atom. The van der Waals surface area contributed by atoms with Gasteiger partial charge in [0.2, 0.25) is 0 Å². The van der Waals surface area contributed by atoms with Crippen LogP contribution in [-0.2, 0) is 22.5 Å². The lowest BCUT2D eigenvalue weighted by Gasteiger charge is -2.11. The molecule has 0 spiro atoms. The van der Waals surface area contributed by atoms with Gasteiger partial charge in [0.15, 0.2) is 0 Å². The predicted octanol–water partition coefficient (Wildman–Crippen LogP) is 2.40. The molecule has 0 unspecified atom stereocenters. The quantitative estimate of drug-likeness (QED) is 0.746. The summed E-state index contributed by atoms with van der Waals surface area (Å²) >= 11 is 3.50. The van der Waals surface area contributed by atoms with Crippen molar-refractivity contribution in [2.45, 2.75) is 26.9 Å². The molecule has 1 rings (SSSR count). The molecule has 0 aliphatic rings. The van der Waals surface area contributed by atoms with E-state index in [0.29, 0.717) is 26.2 Å². The van der Waals surface area contributed by atoms with E-state index in [1.165, 1.54) is 0 Å². The van der Waals surface area contributed by atoms with Gasteiger partial charge in [-0.15, -0.1) is 0 Å². The summed E-state index contributed by atoms with van der Waals surface area (Å²) in [4.78, 5) is 8.95. The van der Waals surface area contributed by atoms with E-state index in [0.717, 1.165) is 28.4 Å². The van der Waals surface area contributed by atoms with Gasteiger partial charge in [-0.2, -0.15) is 0 Å². The van der Waals surface area contributed by atoms with Crippen LogP contribution in [-0.4, -0.2) is 36.8 Å². The SMILES string of the molecule is CCNc1nc(CCOCC)nc(COC)c1Br. The molecule has 1 N–H and O–H groups in total. The lowest BCUT2D eigenvalue weighted by molar-refractivity contribution is 0.149. The van der Waals surface area contributed by atoms with Gasteiger partial charge in [-0.25, -0.2) is 9.97 Å². The molecule has 102 valence electrons. The van der Waals surface area contributed by atoms with E-state index in [2.05, 4.69) is 31.2 Å². The minimum Gasteiger partial charge on any atom is -0.381 e. The number of hydrogen-bond acceptors (Lipinski definition) is 5. The van der Waals surface area contributed by atoms with Crippen LogP contribution in [0.2, 0.25) is 0 Å². The topological polar surface area (TPSA) is 56.3 Å². The lowest BCUT2D eigenvalue weighted by Crippen LogP contribution is -2.10. The highest BCUT2D eigenvalue weighted by Crippen LogP contribution is 2.24. The average molecular weight is 318 g/mol. The Kier molecular flexibility index (Phi) is 7.15. The fourth-order valence-electron chi connectivity index (χ4n) is 1.48. The molecule has 0 radical (unpaired) electrons. The molecule has 6 heteroatoms. The van der Waals surface area contributed by atoms with Crippen molar-refractivity contribution in [1.29, 1.82) is 0 Å². The normalized spacial score (nSPS) is 10.7. The maximum atomic E-state index is 5.32. The lowest BCUT2D eigenvalue weighted by atomic mass is 10.3. The van der Waals surface area contributed by atoms with Gasteiger partial charge in [-0.3, -0.25) is 0 Å². The number of nitrogens with zero attached hydrogens (tertiary/aromatic N) is 2. The van der Waals surface area contributed by atoms with Crippen LogP contribution >= 0.6 is 15.9 Å². The van der Waals surface area contributed by atoms with Gasteiger partial charge in [-0.05, 0) is 29.8 Å². The number of nitrogens with one attached hydrogen (secondary N) is 1. The molecule has 0 aromatic carbocycles. The molecular formula is C12H20BrN3O2. The fourth-order valence-corrected chi connectivity index (χ4v) is 1.91. The standard InChI is InChI=1S/C12H20BrN3O2/c1-4-14-12-11(13)9(8-17-3)15-10(16-12)6-7-18-5-2/h4-8H2,1-3H3,(H,14,15,16). The van der Waals surface area contributed by atoms with Crippen LogP contribution in [0, 0.1) is 0 Å². The molecule has 5 nitrogen and oxygen atoms in total. The molecule has 18 heavy (non-hydrogen) atoms. The first-order valence-electron chi connectivity index (χ1n) is 6.08. The van der Waals surface area contributed by atoms with Crippen molar-refractivity contribution in [3.63, 3.8) is 0 Å². The number of hydrogen-bond donors (Lipinski definition) is 1. The second-order valence-corrected chi connectivity index (χ2v) is 4.45. The van der Waals surface area contributed by atoms with Gasteiger partial charge in [0.1, 0.15) is 11.6 Å². The number of halogens is 1. The Morgan fingerprint density at radius 2 is 2.06 bits per heavy atom. The molecular weight excluding hydrogens is 298 g/mol. The molecule has 0 fully saturated rings. The minimum absolute atomic E-state index is 0.461. The molecule has 0 aliphatic heterocycles. The van der Waals surface area contributed by atoms with E-state index >= 15 is 0 Å². The van der Waals surface area contributed by atoms with Gasteiger partial charge in [0, 0.05) is 26.7 Å². The molecule has 1 aromatic rings. The van der Waals surface area contributed by atoms with Crippen molar-refractivity contribution < 1.29 is 9.47 Å². The number of anilines is 1. The van der Waals surface area contributed by atoms with Crippen molar-refractivity contribution in [1.82, 2.24) is 9.97 Å². The zero-order valence-electron chi connectivity index (χ0n) is 11.1. The van der Waals surface area contributed by atoms with Crippen LogP contribution in [0.15, 0.2) is 4.47 Å². The first-order chi connectivity index (χ1) is 8.72. The first-order valence-corrected chi connectivity index (χ1v) is 6.88. The van der Waals surface area contributed by atoms with Crippen LogP contribution < -0.4 is 5.32 Å². The van der Waals surface area contributed by atoms with Gasteiger partial charge >= 0.3 is 0 Å². The van der Waals surface area contributed by atoms with E-state index in [4.69, 9.17) is 9.47 Å². The summed E-state index contributed by atoms with van der Waals surface area (Å²) in [5.74, 6) is 1.58. The third-order valence-corrected chi connectivity index (χ3v) is 3.10. The Balaban J connectivity index is 2.88. The highest BCUT2D eigenvalue weighted by Gasteiger charge is 2.11. The smallest absolute Gasteiger partial charge is 0.144 e. The van der Waals surface area contributed by atoms with E-state index < -0.39 is 0 Å². The van der Waals surface area contributed by atoms with E-state index in [-0.39, 0.29) is 0 Å². The summed E-state index contributed by atoms with van der Waals surface area (Å²) in [5, 5.41) is 3.21. The van der Waals surface area contributed by atoms with E-state index in [1.807, 2.05) is 13.8 Å². The number of aromatic nitrogens is 2. The number of ether oxygens (including phenoxy) is 2. The zero-order chi connectivity index (χ0) is 13.4. The van der Waals surface area contributed by atoms with E-state index in [1.54, 1.807) is 7.11 Å². The van der Waals surface area contributed by atoms with Crippen LogP contribution in [0.25, 0.3) is 0 Å². The zero-order valence-corrected chi connectivity index (χ0v) is 12.7. The van der Waals surface area contributed by atoms with Crippen LogP contribution in [0.5, 0.6) is 0 Å². The van der Waals surface area contributed by atoms with Crippen molar-refractivity contribution in [3.8, 4) is 0 Å². The van der Waals surface area contributed by atoms with Crippen molar-refractivity contribution in [2.24, 2.45) is 0 Å². The Hall–Kier alpha value is -0.720. The Morgan fingerprint density at radius 3 is 2.67 bits per heavy atom. The Labute approximate surface area is 116 Å². The largest absolute Gasteiger partial charge is 0.381 e. The summed E-state index contributed by atoms with van der Waals surface area (Å²) in [6, 6.07) is 0. The maximum absolute atomic E-state index is 5.32. The minimum atomic E-state index is 0.461. The molecule has 0 amide bonds. The van der Waals surface area contributed by atoms with Crippen molar-refractivity contribution in [2.75, 3.05) is 32.2 Å². The molecule has 0 saturated carbocycles. The predicted molar refractivity (Wildman–Crippen MR) is 74.8 cm³/mol. The van der Waals surface area contributed by atoms with Crippen LogP contribution in [0.1, 0.15) is 25.4 Å². The second kappa shape index (κ2) is 8.39. The summed E-state index contributed by atoms with van der Waals surface area (Å²) in [7, 11) is 1.65. The third-order valence-electron chi connectivity index (χ3n) is 2.27. The fraction of sp³-hybridized carbons (Fsp3) is 0.667. The highest BCUT2D eigenvalue weighted by atomic mass is 79.9. The summed E-state index contributed by atoms with van der Waals surface area (Å²) in [6.45, 7) is 6.63. The summed E-state index contributed by atoms with van der Waals surface area (Å²) in [5.41, 5.74) is 0.856. The Bertz CT molecular complexity index is 347. The molecule has 0 bridgehead atoms. The van der Waals surface area contributed by atoms with Crippen LogP contribution in [0.3, 0.4) is 0 Å². The molecule has 0 saturated heterocycles. The molecule has 0 atom stereocenters. The maximum Gasteiger partial charge on any atom is 0.144 e. The van der Waals surface area contributed by atoms with Crippen molar-refractivity contribution in [3.05, 3.63) is 16.0 Å². The van der Waals surface area contributed by atoms with E-state index in [9.17, 15) is 0 Å². The summed E-state index contributed by atoms with van der Waals surface area (Å²) < 4.78 is 11.3. The molecule has 0 aliphatic carbocycles. The highest BCUT2D eigenvalue weighted by molar-refractivity contribution is 9.10. The molecule has 1 heterocycles. The number of methoxy groups -OCH3 is 1. The van der Waals surface area contributed by atoms with Crippen LogP contribution in [0.4, 0.5) is 5.82 Å². The van der Waals surface area contributed by atoms with Gasteiger partial charge in [0.25, 0.3) is 0 Å². The van der Waals surface area contributed by atoms with Gasteiger partial charge in [0.05, 0.1) is 23.4 Å². The van der Waals surface area contributed by atoms with Crippen molar-refractivity contribution >= 4 is 21.7 Å². The van der Waals surface area contributed by atoms with Gasteiger partial charge < -0.3 is 14.8 Å². The average Bonchev–Trinajstić information content (AvgIpc) is 2.35. The first kappa shape index (κ1) is 15.3. The summed E-state index contributed by atoms with van der Waals surface area (Å²) in [6.07, 6.45) is 0.705. The monoisotopic (exact) mass is 317 g/mol. The van der Waals surface area contributed by atoms with Gasteiger partial charge in [-0.1, -0.05) is 0 Å².